The number of allylic oxidation sites excluding steroid dienone is 1. The van der Waals surface area contributed by atoms with Gasteiger partial charge in [-0.3, -0.25) is 4.79 Å². The van der Waals surface area contributed by atoms with Gasteiger partial charge in [0.05, 0.1) is 0 Å². The number of rotatable bonds is 4. The maximum absolute atomic E-state index is 10.1. The third kappa shape index (κ3) is 7.13. The fourth-order valence-electron chi connectivity index (χ4n) is 0.445. The molecule has 0 aromatic heterocycles. The number of nitrogens with two attached hydrogens (primary N) is 1. The van der Waals surface area contributed by atoms with E-state index in [-0.39, 0.29) is 6.42 Å². The molecule has 4 heteroatoms. The van der Waals surface area contributed by atoms with E-state index in [0.717, 1.165) is 0 Å². The average molecular weight is 145 g/mol. The van der Waals surface area contributed by atoms with Gasteiger partial charge in [0.25, 0.3) is 0 Å². The van der Waals surface area contributed by atoms with Crippen molar-refractivity contribution in [2.45, 2.75) is 19.1 Å². The van der Waals surface area contributed by atoms with Gasteiger partial charge in [0, 0.05) is 6.42 Å². The number of aliphatic hydroxyl groups is 2. The number of amides is 1. The van der Waals surface area contributed by atoms with Crippen LogP contribution in [0.15, 0.2) is 12.2 Å². The summed E-state index contributed by atoms with van der Waals surface area (Å²) in [6.07, 6.45) is 2.06. The van der Waals surface area contributed by atoms with E-state index < -0.39 is 12.2 Å². The van der Waals surface area contributed by atoms with Gasteiger partial charge in [0.15, 0.2) is 6.29 Å². The lowest BCUT2D eigenvalue weighted by molar-refractivity contribution is -0.113. The Morgan fingerprint density at radius 1 is 1.60 bits per heavy atom. The van der Waals surface area contributed by atoms with Crippen LogP contribution in [0.1, 0.15) is 12.8 Å². The Kier molecular flexibility index (Phi) is 4.53. The van der Waals surface area contributed by atoms with E-state index in [1.54, 1.807) is 0 Å². The fourth-order valence-corrected chi connectivity index (χ4v) is 0.445. The Balaban J connectivity index is 3.27. The maximum atomic E-state index is 10.1. The van der Waals surface area contributed by atoms with Crippen molar-refractivity contribution in [3.8, 4) is 0 Å². The summed E-state index contributed by atoms with van der Waals surface area (Å²) in [5, 5.41) is 16.6. The zero-order valence-corrected chi connectivity index (χ0v) is 5.53. The van der Waals surface area contributed by atoms with Gasteiger partial charge in [-0.25, -0.2) is 0 Å². The molecule has 0 rings (SSSR count). The lowest BCUT2D eigenvalue weighted by Crippen LogP contribution is -2.06. The number of hydrogen-bond acceptors (Lipinski definition) is 3. The largest absolute Gasteiger partial charge is 0.368 e. The van der Waals surface area contributed by atoms with E-state index in [2.05, 4.69) is 0 Å². The molecule has 58 valence electrons. The molecule has 0 aliphatic heterocycles. The lowest BCUT2D eigenvalue weighted by atomic mass is 10.3. The molecule has 0 fully saturated rings. The van der Waals surface area contributed by atoms with Gasteiger partial charge in [0.2, 0.25) is 5.91 Å². The van der Waals surface area contributed by atoms with E-state index in [1.807, 2.05) is 0 Å². The molecule has 0 atom stereocenters. The van der Waals surface area contributed by atoms with Crippen molar-refractivity contribution >= 4 is 5.91 Å². The first-order chi connectivity index (χ1) is 4.63. The van der Waals surface area contributed by atoms with Crippen molar-refractivity contribution in [1.29, 1.82) is 0 Å². The summed E-state index contributed by atoms with van der Waals surface area (Å²) in [5.74, 6) is -0.521. The summed E-state index contributed by atoms with van der Waals surface area (Å²) in [6.45, 7) is 0. The highest BCUT2D eigenvalue weighted by atomic mass is 16.5. The molecule has 0 aromatic carbocycles. The number of primary amides is 1. The summed E-state index contributed by atoms with van der Waals surface area (Å²) in [7, 11) is 0. The molecule has 0 saturated heterocycles. The Hall–Kier alpha value is -0.870. The first kappa shape index (κ1) is 9.13. The zero-order valence-electron chi connectivity index (χ0n) is 5.53. The second kappa shape index (κ2) is 4.96. The topological polar surface area (TPSA) is 83.6 Å². The molecule has 4 nitrogen and oxygen atoms in total. The summed E-state index contributed by atoms with van der Waals surface area (Å²) < 4.78 is 0. The molecule has 0 heterocycles. The zero-order chi connectivity index (χ0) is 7.98. The van der Waals surface area contributed by atoms with Crippen LogP contribution < -0.4 is 5.73 Å². The van der Waals surface area contributed by atoms with Crippen molar-refractivity contribution < 1.29 is 15.0 Å². The number of carbonyl (C=O) groups excluding carboxylic acids is 1. The molecule has 0 aliphatic rings. The van der Waals surface area contributed by atoms with Crippen LogP contribution in [0.5, 0.6) is 0 Å². The van der Waals surface area contributed by atoms with Gasteiger partial charge in [-0.05, 0) is 12.5 Å². The lowest BCUT2D eigenvalue weighted by Gasteiger charge is -1.96. The molecule has 0 aromatic rings. The molecule has 10 heavy (non-hydrogen) atoms. The molecule has 4 N–H and O–H groups in total. The molecule has 0 unspecified atom stereocenters. The summed E-state index contributed by atoms with van der Waals surface area (Å²) >= 11 is 0. The van der Waals surface area contributed by atoms with Crippen molar-refractivity contribution in [3.63, 3.8) is 0 Å². The van der Waals surface area contributed by atoms with Crippen LogP contribution in [-0.4, -0.2) is 22.4 Å². The van der Waals surface area contributed by atoms with Crippen LogP contribution in [0.2, 0.25) is 0 Å². The van der Waals surface area contributed by atoms with Crippen molar-refractivity contribution in [2.75, 3.05) is 0 Å². The normalized spacial score (nSPS) is 11.1. The van der Waals surface area contributed by atoms with E-state index in [9.17, 15) is 4.79 Å². The van der Waals surface area contributed by atoms with Gasteiger partial charge in [-0.15, -0.1) is 0 Å². The Bertz CT molecular complexity index is 131. The SMILES string of the molecule is NC(=O)C=CCCC(O)O. The predicted molar refractivity (Wildman–Crippen MR) is 35.8 cm³/mol. The van der Waals surface area contributed by atoms with Gasteiger partial charge in [-0.2, -0.15) is 0 Å². The van der Waals surface area contributed by atoms with Crippen LogP contribution in [0, 0.1) is 0 Å². The quantitative estimate of drug-likeness (QED) is 0.355. The first-order valence-corrected chi connectivity index (χ1v) is 2.95. The van der Waals surface area contributed by atoms with E-state index in [1.165, 1.54) is 12.2 Å². The molecular formula is C6H11NO3. The molecule has 0 radical (unpaired) electrons. The van der Waals surface area contributed by atoms with Crippen molar-refractivity contribution in [1.82, 2.24) is 0 Å². The smallest absolute Gasteiger partial charge is 0.241 e. The van der Waals surface area contributed by atoms with Crippen LogP contribution in [0.3, 0.4) is 0 Å². The Morgan fingerprint density at radius 3 is 2.60 bits per heavy atom. The third-order valence-electron chi connectivity index (χ3n) is 0.874. The molecule has 0 bridgehead atoms. The first-order valence-electron chi connectivity index (χ1n) is 2.95. The highest BCUT2D eigenvalue weighted by molar-refractivity contribution is 5.85. The number of hydrogen-bond donors (Lipinski definition) is 3. The van der Waals surface area contributed by atoms with Gasteiger partial charge in [-0.1, -0.05) is 6.08 Å². The second-order valence-corrected chi connectivity index (χ2v) is 1.86. The minimum Gasteiger partial charge on any atom is -0.368 e. The number of carbonyl (C=O) groups is 1. The van der Waals surface area contributed by atoms with Crippen molar-refractivity contribution in [2.24, 2.45) is 5.73 Å². The van der Waals surface area contributed by atoms with Crippen LogP contribution in [0.25, 0.3) is 0 Å². The van der Waals surface area contributed by atoms with Gasteiger partial charge in [0.1, 0.15) is 0 Å². The van der Waals surface area contributed by atoms with Crippen LogP contribution in [-0.2, 0) is 4.79 Å². The van der Waals surface area contributed by atoms with E-state index in [4.69, 9.17) is 15.9 Å². The number of aliphatic hydroxyl groups excluding tert-OH is 1. The maximum Gasteiger partial charge on any atom is 0.241 e. The fraction of sp³-hybridized carbons (Fsp3) is 0.500. The summed E-state index contributed by atoms with van der Waals surface area (Å²) in [6, 6.07) is 0. The second-order valence-electron chi connectivity index (χ2n) is 1.86. The molecule has 1 amide bonds. The Morgan fingerprint density at radius 2 is 2.20 bits per heavy atom. The molecule has 0 saturated carbocycles. The minimum absolute atomic E-state index is 0.226. The van der Waals surface area contributed by atoms with Gasteiger partial charge < -0.3 is 15.9 Å². The molecular weight excluding hydrogens is 134 g/mol. The molecule has 0 spiro atoms. The predicted octanol–water partition coefficient (Wildman–Crippen LogP) is -0.881. The van der Waals surface area contributed by atoms with Crippen LogP contribution >= 0.6 is 0 Å². The standard InChI is InChI=1S/C6H11NO3/c7-5(8)3-1-2-4-6(9)10/h1,3,6,9-10H,2,4H2,(H2,7,8). The molecule has 0 aliphatic carbocycles. The monoisotopic (exact) mass is 145 g/mol. The minimum atomic E-state index is -1.31. The highest BCUT2D eigenvalue weighted by Crippen LogP contribution is 1.93. The van der Waals surface area contributed by atoms with Crippen LogP contribution in [0.4, 0.5) is 0 Å². The highest BCUT2D eigenvalue weighted by Gasteiger charge is 1.92. The Labute approximate surface area is 59.0 Å². The summed E-state index contributed by atoms with van der Waals surface area (Å²) in [5.41, 5.74) is 4.76. The van der Waals surface area contributed by atoms with Crippen molar-refractivity contribution in [3.05, 3.63) is 12.2 Å². The van der Waals surface area contributed by atoms with E-state index >= 15 is 0 Å². The van der Waals surface area contributed by atoms with Gasteiger partial charge >= 0.3 is 0 Å². The third-order valence-corrected chi connectivity index (χ3v) is 0.874. The van der Waals surface area contributed by atoms with E-state index in [0.29, 0.717) is 6.42 Å². The summed E-state index contributed by atoms with van der Waals surface area (Å²) in [4.78, 5) is 10.1. The average Bonchev–Trinajstić information content (AvgIpc) is 1.79.